The molecule has 0 saturated carbocycles. The molecule has 4 rings (SSSR count). The zero-order valence-corrected chi connectivity index (χ0v) is 15.4. The molecule has 1 aliphatic rings. The number of aryl methyl sites for hydroxylation is 2. The van der Waals surface area contributed by atoms with Gasteiger partial charge >= 0.3 is 0 Å². The normalized spacial score (nSPS) is 11.9. The van der Waals surface area contributed by atoms with E-state index in [1.54, 1.807) is 0 Å². The number of benzene rings is 2. The Bertz CT molecular complexity index is 1110. The zero-order chi connectivity index (χ0) is 19.7. The van der Waals surface area contributed by atoms with Crippen LogP contribution in [0.3, 0.4) is 0 Å². The summed E-state index contributed by atoms with van der Waals surface area (Å²) >= 11 is 1.37. The number of carbonyl (C=O) groups excluding carboxylic acids is 2. The van der Waals surface area contributed by atoms with E-state index < -0.39 is 16.7 Å². The number of nitro groups is 1. The van der Waals surface area contributed by atoms with Crippen molar-refractivity contribution in [1.29, 1.82) is 0 Å². The van der Waals surface area contributed by atoms with Gasteiger partial charge in [0.2, 0.25) is 0 Å². The van der Waals surface area contributed by atoms with Crippen LogP contribution in [0.1, 0.15) is 31.2 Å². The number of rotatable bonds is 3. The Morgan fingerprint density at radius 2 is 1.61 bits per heavy atom. The lowest BCUT2D eigenvalue weighted by molar-refractivity contribution is -0.385. The monoisotopic (exact) mass is 393 g/mol. The number of hydrogen-bond donors (Lipinski definition) is 2. The molecule has 2 N–H and O–H groups in total. The Labute approximate surface area is 164 Å². The number of amides is 2. The van der Waals surface area contributed by atoms with E-state index in [1.807, 2.05) is 24.3 Å². The number of thiophene rings is 1. The third-order valence-electron chi connectivity index (χ3n) is 4.59. The summed E-state index contributed by atoms with van der Waals surface area (Å²) in [7, 11) is 0. The SMILES string of the molecule is O=C(NNC(=O)c1ccccc1[N+](=O)[O-])c1cc2c(s1)-c1ccccc1CC2. The molecular weight excluding hydrogens is 378 g/mol. The van der Waals surface area contributed by atoms with Gasteiger partial charge in [-0.3, -0.25) is 30.6 Å². The van der Waals surface area contributed by atoms with Crippen molar-refractivity contribution in [2.45, 2.75) is 12.8 Å². The summed E-state index contributed by atoms with van der Waals surface area (Å²) in [5.41, 5.74) is 7.67. The van der Waals surface area contributed by atoms with Crippen molar-refractivity contribution >= 4 is 28.8 Å². The molecule has 7 nitrogen and oxygen atoms in total. The molecular formula is C20H15N3O4S. The van der Waals surface area contributed by atoms with Crippen LogP contribution in [-0.2, 0) is 12.8 Å². The van der Waals surface area contributed by atoms with Crippen molar-refractivity contribution in [2.75, 3.05) is 0 Å². The molecule has 1 aliphatic carbocycles. The number of hydrogen-bond acceptors (Lipinski definition) is 5. The quantitative estimate of drug-likeness (QED) is 0.525. The van der Waals surface area contributed by atoms with E-state index in [4.69, 9.17) is 0 Å². The van der Waals surface area contributed by atoms with Crippen molar-refractivity contribution in [3.05, 3.63) is 86.3 Å². The van der Waals surface area contributed by atoms with Gasteiger partial charge in [0.1, 0.15) is 5.56 Å². The van der Waals surface area contributed by atoms with Crippen LogP contribution in [0.5, 0.6) is 0 Å². The molecule has 1 heterocycles. The molecule has 8 heteroatoms. The Kier molecular flexibility index (Phi) is 4.62. The van der Waals surface area contributed by atoms with Gasteiger partial charge in [0, 0.05) is 10.9 Å². The second kappa shape index (κ2) is 7.24. The van der Waals surface area contributed by atoms with Gasteiger partial charge < -0.3 is 0 Å². The smallest absolute Gasteiger partial charge is 0.267 e. The van der Waals surface area contributed by atoms with Crippen molar-refractivity contribution in [2.24, 2.45) is 0 Å². The van der Waals surface area contributed by atoms with Crippen LogP contribution < -0.4 is 10.9 Å². The molecule has 0 saturated heterocycles. The minimum absolute atomic E-state index is 0.118. The van der Waals surface area contributed by atoms with Crippen LogP contribution in [0.2, 0.25) is 0 Å². The highest BCUT2D eigenvalue weighted by atomic mass is 32.1. The van der Waals surface area contributed by atoms with E-state index >= 15 is 0 Å². The first kappa shape index (κ1) is 17.9. The average Bonchev–Trinajstić information content (AvgIpc) is 3.16. The highest BCUT2D eigenvalue weighted by Gasteiger charge is 2.23. The van der Waals surface area contributed by atoms with Crippen LogP contribution >= 0.6 is 11.3 Å². The van der Waals surface area contributed by atoms with E-state index in [0.717, 1.165) is 28.8 Å². The molecule has 0 aliphatic heterocycles. The summed E-state index contributed by atoms with van der Waals surface area (Å²) < 4.78 is 0. The van der Waals surface area contributed by atoms with Crippen LogP contribution in [0.15, 0.2) is 54.6 Å². The van der Waals surface area contributed by atoms with Crippen molar-refractivity contribution in [1.82, 2.24) is 10.9 Å². The first-order valence-corrected chi connectivity index (χ1v) is 9.41. The first-order chi connectivity index (χ1) is 13.5. The van der Waals surface area contributed by atoms with Crippen LogP contribution in [0.4, 0.5) is 5.69 Å². The first-order valence-electron chi connectivity index (χ1n) is 8.59. The lowest BCUT2D eigenvalue weighted by Gasteiger charge is -2.15. The molecule has 3 aromatic rings. The molecule has 28 heavy (non-hydrogen) atoms. The summed E-state index contributed by atoms with van der Waals surface area (Å²) in [6.45, 7) is 0. The average molecular weight is 393 g/mol. The number of nitro benzene ring substituents is 1. The second-order valence-corrected chi connectivity index (χ2v) is 7.36. The molecule has 0 bridgehead atoms. The van der Waals surface area contributed by atoms with Crippen molar-refractivity contribution in [3.63, 3.8) is 0 Å². The fourth-order valence-corrected chi connectivity index (χ4v) is 4.42. The van der Waals surface area contributed by atoms with Gasteiger partial charge in [-0.25, -0.2) is 0 Å². The summed E-state index contributed by atoms with van der Waals surface area (Å²) in [6.07, 6.45) is 1.79. The number of hydrazine groups is 1. The Morgan fingerprint density at radius 1 is 0.929 bits per heavy atom. The molecule has 2 aromatic carbocycles. The van der Waals surface area contributed by atoms with Gasteiger partial charge in [-0.05, 0) is 41.7 Å². The molecule has 0 spiro atoms. The summed E-state index contributed by atoms with van der Waals surface area (Å²) in [6, 6.07) is 15.5. The predicted molar refractivity (Wildman–Crippen MR) is 105 cm³/mol. The Balaban J connectivity index is 1.50. The number of nitrogens with one attached hydrogen (secondary N) is 2. The largest absolute Gasteiger partial charge is 0.282 e. The minimum Gasteiger partial charge on any atom is -0.267 e. The van der Waals surface area contributed by atoms with E-state index in [-0.39, 0.29) is 11.3 Å². The summed E-state index contributed by atoms with van der Waals surface area (Å²) in [5, 5.41) is 11.0. The summed E-state index contributed by atoms with van der Waals surface area (Å²) in [4.78, 5) is 36.7. The van der Waals surface area contributed by atoms with Gasteiger partial charge in [0.25, 0.3) is 17.5 Å². The van der Waals surface area contributed by atoms with Gasteiger partial charge in [0.05, 0.1) is 9.80 Å². The molecule has 0 radical (unpaired) electrons. The van der Waals surface area contributed by atoms with Gasteiger partial charge in [-0.15, -0.1) is 11.3 Å². The van der Waals surface area contributed by atoms with Crippen molar-refractivity contribution in [3.8, 4) is 10.4 Å². The number of carbonyl (C=O) groups is 2. The van der Waals surface area contributed by atoms with E-state index in [2.05, 4.69) is 16.9 Å². The lowest BCUT2D eigenvalue weighted by Crippen LogP contribution is -2.41. The molecule has 2 amide bonds. The number of para-hydroxylation sites is 1. The number of nitrogens with zero attached hydrogens (tertiary/aromatic N) is 1. The molecule has 1 aromatic heterocycles. The Morgan fingerprint density at radius 3 is 2.43 bits per heavy atom. The van der Waals surface area contributed by atoms with Crippen molar-refractivity contribution < 1.29 is 14.5 Å². The van der Waals surface area contributed by atoms with E-state index in [0.29, 0.717) is 4.88 Å². The summed E-state index contributed by atoms with van der Waals surface area (Å²) in [5.74, 6) is -1.20. The van der Waals surface area contributed by atoms with Crippen LogP contribution in [0.25, 0.3) is 10.4 Å². The van der Waals surface area contributed by atoms with Crippen LogP contribution in [-0.4, -0.2) is 16.7 Å². The minimum atomic E-state index is -0.743. The van der Waals surface area contributed by atoms with E-state index in [9.17, 15) is 19.7 Å². The highest BCUT2D eigenvalue weighted by molar-refractivity contribution is 7.17. The van der Waals surface area contributed by atoms with Gasteiger partial charge in [-0.1, -0.05) is 36.4 Å². The standard InChI is InChI=1S/C20H15N3O4S/c24-19(15-7-3-4-8-16(15)23(26)27)21-22-20(25)17-11-13-10-9-12-5-1-2-6-14(12)18(13)28-17/h1-8,11H,9-10H2,(H,21,24)(H,22,25). The molecule has 140 valence electrons. The maximum Gasteiger partial charge on any atom is 0.282 e. The fourth-order valence-electron chi connectivity index (χ4n) is 3.25. The van der Waals surface area contributed by atoms with E-state index in [1.165, 1.54) is 41.2 Å². The topological polar surface area (TPSA) is 101 Å². The second-order valence-electron chi connectivity index (χ2n) is 6.30. The maximum atomic E-state index is 12.5. The molecule has 0 fully saturated rings. The molecule has 0 atom stereocenters. The van der Waals surface area contributed by atoms with Crippen LogP contribution in [0, 0.1) is 10.1 Å². The third kappa shape index (κ3) is 3.25. The molecule has 0 unspecified atom stereocenters. The lowest BCUT2D eigenvalue weighted by atomic mass is 9.91. The Hall–Kier alpha value is -3.52. The third-order valence-corrected chi connectivity index (χ3v) is 5.80. The van der Waals surface area contributed by atoms with Gasteiger partial charge in [-0.2, -0.15) is 0 Å². The maximum absolute atomic E-state index is 12.5. The predicted octanol–water partition coefficient (Wildman–Crippen LogP) is 3.50. The highest BCUT2D eigenvalue weighted by Crippen LogP contribution is 2.39. The number of fused-ring (bicyclic) bond motifs is 3. The van der Waals surface area contributed by atoms with Gasteiger partial charge in [0.15, 0.2) is 0 Å². The zero-order valence-electron chi connectivity index (χ0n) is 14.6. The fraction of sp³-hybridized carbons (Fsp3) is 0.100.